The lowest BCUT2D eigenvalue weighted by atomic mass is 10.1. The number of hydrogen-bond donors (Lipinski definition) is 1. The van der Waals surface area contributed by atoms with Gasteiger partial charge in [-0.05, 0) is 37.4 Å². The lowest BCUT2D eigenvalue weighted by Crippen LogP contribution is -2.27. The molecule has 1 heterocycles. The summed E-state index contributed by atoms with van der Waals surface area (Å²) in [6.07, 6.45) is 3.67. The molecular weight excluding hydrogens is 248 g/mol. The van der Waals surface area contributed by atoms with Gasteiger partial charge in [-0.25, -0.2) is 0 Å². The molecular formula is C17H28N2O. The summed E-state index contributed by atoms with van der Waals surface area (Å²) < 4.78 is 5.94. The number of nitrogens with one attached hydrogen (secondary N) is 1. The van der Waals surface area contributed by atoms with Crippen LogP contribution in [0.3, 0.4) is 0 Å². The Kier molecular flexibility index (Phi) is 6.19. The standard InChI is InChI=1S/C17H28N2O/c1-3-6-15(2)14-20-17-8-4-7-16(13-17)19-11-5-9-18-10-12-19/h4,7-8,13,15,18H,3,5-6,9-12,14H2,1-2H3. The van der Waals surface area contributed by atoms with Gasteiger partial charge in [-0.2, -0.15) is 0 Å². The van der Waals surface area contributed by atoms with E-state index in [-0.39, 0.29) is 0 Å². The summed E-state index contributed by atoms with van der Waals surface area (Å²) in [6, 6.07) is 8.54. The Labute approximate surface area is 123 Å². The van der Waals surface area contributed by atoms with E-state index in [0.29, 0.717) is 5.92 Å². The summed E-state index contributed by atoms with van der Waals surface area (Å²) >= 11 is 0. The largest absolute Gasteiger partial charge is 0.493 e. The zero-order valence-corrected chi connectivity index (χ0v) is 12.9. The van der Waals surface area contributed by atoms with Crippen molar-refractivity contribution in [2.24, 2.45) is 5.92 Å². The minimum absolute atomic E-state index is 0.631. The Balaban J connectivity index is 1.92. The molecule has 1 aliphatic heterocycles. The average molecular weight is 276 g/mol. The third kappa shape index (κ3) is 4.71. The summed E-state index contributed by atoms with van der Waals surface area (Å²) in [6.45, 7) is 9.70. The first kappa shape index (κ1) is 15.2. The first-order valence-corrected chi connectivity index (χ1v) is 7.98. The summed E-state index contributed by atoms with van der Waals surface area (Å²) in [5.41, 5.74) is 1.29. The lowest BCUT2D eigenvalue weighted by Gasteiger charge is -2.23. The van der Waals surface area contributed by atoms with E-state index in [1.54, 1.807) is 0 Å². The van der Waals surface area contributed by atoms with Gasteiger partial charge in [0, 0.05) is 31.4 Å². The first-order valence-electron chi connectivity index (χ1n) is 7.98. The maximum atomic E-state index is 5.94. The summed E-state index contributed by atoms with van der Waals surface area (Å²) in [4.78, 5) is 2.45. The fraction of sp³-hybridized carbons (Fsp3) is 0.647. The van der Waals surface area contributed by atoms with Gasteiger partial charge in [0.1, 0.15) is 5.75 Å². The molecule has 1 fully saturated rings. The van der Waals surface area contributed by atoms with Gasteiger partial charge in [-0.3, -0.25) is 0 Å². The Morgan fingerprint density at radius 1 is 1.30 bits per heavy atom. The van der Waals surface area contributed by atoms with Gasteiger partial charge in [0.2, 0.25) is 0 Å². The van der Waals surface area contributed by atoms with Crippen molar-refractivity contribution >= 4 is 5.69 Å². The molecule has 1 aliphatic rings. The highest BCUT2D eigenvalue weighted by Crippen LogP contribution is 2.22. The SMILES string of the molecule is CCCC(C)COc1cccc(N2CCCNCC2)c1. The van der Waals surface area contributed by atoms with Gasteiger partial charge in [-0.15, -0.1) is 0 Å². The molecule has 0 aromatic heterocycles. The van der Waals surface area contributed by atoms with Gasteiger partial charge < -0.3 is 15.0 Å². The number of rotatable bonds is 6. The molecule has 0 bridgehead atoms. The number of ether oxygens (including phenoxy) is 1. The Bertz CT molecular complexity index is 386. The molecule has 0 saturated carbocycles. The second-order valence-corrected chi connectivity index (χ2v) is 5.79. The fourth-order valence-corrected chi connectivity index (χ4v) is 2.69. The summed E-state index contributed by atoms with van der Waals surface area (Å²) in [5.74, 6) is 1.63. The van der Waals surface area contributed by atoms with Gasteiger partial charge >= 0.3 is 0 Å². The Hall–Kier alpha value is -1.22. The van der Waals surface area contributed by atoms with Crippen LogP contribution < -0.4 is 15.0 Å². The molecule has 1 aromatic rings. The van der Waals surface area contributed by atoms with Crippen LogP contribution in [-0.4, -0.2) is 32.8 Å². The van der Waals surface area contributed by atoms with Crippen molar-refractivity contribution in [1.82, 2.24) is 5.32 Å². The van der Waals surface area contributed by atoms with E-state index in [0.717, 1.165) is 38.5 Å². The van der Waals surface area contributed by atoms with Gasteiger partial charge in [0.05, 0.1) is 6.61 Å². The maximum Gasteiger partial charge on any atom is 0.121 e. The van der Waals surface area contributed by atoms with Crippen molar-refractivity contribution in [3.63, 3.8) is 0 Å². The third-order valence-electron chi connectivity index (χ3n) is 3.84. The molecule has 1 aromatic carbocycles. The molecule has 1 N–H and O–H groups in total. The number of anilines is 1. The number of hydrogen-bond acceptors (Lipinski definition) is 3. The molecule has 112 valence electrons. The van der Waals surface area contributed by atoms with Crippen LogP contribution >= 0.6 is 0 Å². The van der Waals surface area contributed by atoms with E-state index in [4.69, 9.17) is 4.74 Å². The van der Waals surface area contributed by atoms with Crippen LogP contribution in [0, 0.1) is 5.92 Å². The second-order valence-electron chi connectivity index (χ2n) is 5.79. The fourth-order valence-electron chi connectivity index (χ4n) is 2.69. The predicted octanol–water partition coefficient (Wildman–Crippen LogP) is 3.30. The van der Waals surface area contributed by atoms with E-state index in [1.807, 2.05) is 0 Å². The van der Waals surface area contributed by atoms with Crippen LogP contribution in [0.1, 0.15) is 33.1 Å². The third-order valence-corrected chi connectivity index (χ3v) is 3.84. The average Bonchev–Trinajstić information content (AvgIpc) is 2.75. The highest BCUT2D eigenvalue weighted by molar-refractivity contribution is 5.50. The Morgan fingerprint density at radius 2 is 2.20 bits per heavy atom. The topological polar surface area (TPSA) is 24.5 Å². The predicted molar refractivity (Wildman–Crippen MR) is 85.7 cm³/mol. The highest BCUT2D eigenvalue weighted by atomic mass is 16.5. The molecule has 1 saturated heterocycles. The monoisotopic (exact) mass is 276 g/mol. The maximum absolute atomic E-state index is 5.94. The van der Waals surface area contributed by atoms with Crippen LogP contribution in [0.15, 0.2) is 24.3 Å². The van der Waals surface area contributed by atoms with Crippen LogP contribution in [-0.2, 0) is 0 Å². The minimum atomic E-state index is 0.631. The van der Waals surface area contributed by atoms with Crippen LogP contribution in [0.5, 0.6) is 5.75 Å². The zero-order chi connectivity index (χ0) is 14.2. The molecule has 2 rings (SSSR count). The Morgan fingerprint density at radius 3 is 3.05 bits per heavy atom. The van der Waals surface area contributed by atoms with Crippen LogP contribution in [0.25, 0.3) is 0 Å². The molecule has 3 nitrogen and oxygen atoms in total. The van der Waals surface area contributed by atoms with E-state index in [9.17, 15) is 0 Å². The number of nitrogens with zero attached hydrogens (tertiary/aromatic N) is 1. The lowest BCUT2D eigenvalue weighted by molar-refractivity contribution is 0.251. The molecule has 0 aliphatic carbocycles. The number of benzene rings is 1. The van der Waals surface area contributed by atoms with Crippen molar-refractivity contribution in [3.05, 3.63) is 24.3 Å². The van der Waals surface area contributed by atoms with Gasteiger partial charge in [0.15, 0.2) is 0 Å². The summed E-state index contributed by atoms with van der Waals surface area (Å²) in [5, 5.41) is 3.44. The van der Waals surface area contributed by atoms with Gasteiger partial charge in [-0.1, -0.05) is 26.3 Å². The first-order chi connectivity index (χ1) is 9.79. The van der Waals surface area contributed by atoms with E-state index >= 15 is 0 Å². The molecule has 3 heteroatoms. The molecule has 1 unspecified atom stereocenters. The molecule has 1 atom stereocenters. The van der Waals surface area contributed by atoms with E-state index < -0.39 is 0 Å². The summed E-state index contributed by atoms with van der Waals surface area (Å²) in [7, 11) is 0. The van der Waals surface area contributed by atoms with Crippen molar-refractivity contribution in [3.8, 4) is 5.75 Å². The van der Waals surface area contributed by atoms with Crippen molar-refractivity contribution in [1.29, 1.82) is 0 Å². The van der Waals surface area contributed by atoms with Crippen LogP contribution in [0.4, 0.5) is 5.69 Å². The molecule has 0 amide bonds. The molecule has 0 spiro atoms. The normalized spacial score (nSPS) is 17.6. The second kappa shape index (κ2) is 8.15. The van der Waals surface area contributed by atoms with Gasteiger partial charge in [0.25, 0.3) is 0 Å². The van der Waals surface area contributed by atoms with E-state index in [1.165, 1.54) is 24.9 Å². The van der Waals surface area contributed by atoms with Crippen LogP contribution in [0.2, 0.25) is 0 Å². The minimum Gasteiger partial charge on any atom is -0.493 e. The molecule has 20 heavy (non-hydrogen) atoms. The quantitative estimate of drug-likeness (QED) is 0.863. The smallest absolute Gasteiger partial charge is 0.121 e. The van der Waals surface area contributed by atoms with Crippen molar-refractivity contribution in [2.45, 2.75) is 33.1 Å². The van der Waals surface area contributed by atoms with E-state index in [2.05, 4.69) is 48.3 Å². The molecule has 0 radical (unpaired) electrons. The van der Waals surface area contributed by atoms with Crippen molar-refractivity contribution < 1.29 is 4.74 Å². The van der Waals surface area contributed by atoms with Crippen molar-refractivity contribution in [2.75, 3.05) is 37.7 Å². The zero-order valence-electron chi connectivity index (χ0n) is 12.9. The highest BCUT2D eigenvalue weighted by Gasteiger charge is 2.10.